The Morgan fingerprint density at radius 2 is 2.09 bits per heavy atom. The van der Waals surface area contributed by atoms with Crippen molar-refractivity contribution in [3.8, 4) is 11.6 Å². The van der Waals surface area contributed by atoms with Crippen molar-refractivity contribution in [2.75, 3.05) is 19.6 Å². The lowest BCUT2D eigenvalue weighted by atomic mass is 10.2. The van der Waals surface area contributed by atoms with Gasteiger partial charge in [-0.3, -0.25) is 4.79 Å². The zero-order valence-electron chi connectivity index (χ0n) is 12.6. The Kier molecular flexibility index (Phi) is 6.65. The van der Waals surface area contributed by atoms with Crippen LogP contribution in [-0.4, -0.2) is 30.5 Å². The van der Waals surface area contributed by atoms with E-state index < -0.39 is 0 Å². The predicted octanol–water partition coefficient (Wildman–Crippen LogP) is 3.52. The van der Waals surface area contributed by atoms with Gasteiger partial charge in [0.2, 0.25) is 5.88 Å². The lowest BCUT2D eigenvalue weighted by molar-refractivity contribution is 0.0951. The van der Waals surface area contributed by atoms with E-state index in [1.165, 1.54) is 0 Å². The number of carbonyl (C=O) groups is 1. The van der Waals surface area contributed by atoms with Crippen molar-refractivity contribution in [3.05, 3.63) is 52.1 Å². The summed E-state index contributed by atoms with van der Waals surface area (Å²) in [5.41, 5.74) is 0.343. The summed E-state index contributed by atoms with van der Waals surface area (Å²) in [6.45, 7) is 4.07. The molecule has 0 saturated heterocycles. The number of nitrogens with zero attached hydrogens (tertiary/aromatic N) is 1. The van der Waals surface area contributed by atoms with Crippen molar-refractivity contribution in [1.82, 2.24) is 15.6 Å². The molecule has 0 aliphatic heterocycles. The highest BCUT2D eigenvalue weighted by molar-refractivity contribution is 6.35. The lowest BCUT2D eigenvalue weighted by Gasteiger charge is -2.11. The number of nitrogens with one attached hydrogen (secondary N) is 2. The van der Waals surface area contributed by atoms with Gasteiger partial charge in [-0.05, 0) is 36.9 Å². The fourth-order valence-corrected chi connectivity index (χ4v) is 2.29. The maximum Gasteiger partial charge on any atom is 0.256 e. The van der Waals surface area contributed by atoms with Gasteiger partial charge in [0.1, 0.15) is 11.3 Å². The number of halogens is 2. The second-order valence-electron chi connectivity index (χ2n) is 4.64. The van der Waals surface area contributed by atoms with E-state index in [4.69, 9.17) is 27.9 Å². The molecule has 1 heterocycles. The highest BCUT2D eigenvalue weighted by Gasteiger charge is 2.15. The summed E-state index contributed by atoms with van der Waals surface area (Å²) >= 11 is 11.9. The summed E-state index contributed by atoms with van der Waals surface area (Å²) in [4.78, 5) is 16.4. The molecule has 0 unspecified atom stereocenters. The first-order valence-corrected chi connectivity index (χ1v) is 7.94. The summed E-state index contributed by atoms with van der Waals surface area (Å²) in [6.07, 6.45) is 1.55. The van der Waals surface area contributed by atoms with E-state index in [0.29, 0.717) is 34.4 Å². The third-order valence-electron chi connectivity index (χ3n) is 2.95. The highest BCUT2D eigenvalue weighted by Crippen LogP contribution is 2.31. The zero-order chi connectivity index (χ0) is 16.7. The van der Waals surface area contributed by atoms with Crippen molar-refractivity contribution in [2.24, 2.45) is 0 Å². The molecule has 2 aromatic rings. The lowest BCUT2D eigenvalue weighted by Crippen LogP contribution is -2.32. The number of benzene rings is 1. The molecule has 2 N–H and O–H groups in total. The van der Waals surface area contributed by atoms with Gasteiger partial charge in [-0.15, -0.1) is 0 Å². The summed E-state index contributed by atoms with van der Waals surface area (Å²) in [5.74, 6) is 0.324. The Labute approximate surface area is 145 Å². The maximum atomic E-state index is 12.2. The first kappa shape index (κ1) is 17.5. The number of ether oxygens (including phenoxy) is 1. The van der Waals surface area contributed by atoms with E-state index in [9.17, 15) is 4.79 Å². The summed E-state index contributed by atoms with van der Waals surface area (Å²) in [5, 5.41) is 6.79. The van der Waals surface area contributed by atoms with E-state index in [1.807, 2.05) is 6.92 Å². The molecule has 0 saturated carbocycles. The van der Waals surface area contributed by atoms with Crippen molar-refractivity contribution in [2.45, 2.75) is 6.92 Å². The Hall–Kier alpha value is -1.82. The van der Waals surface area contributed by atoms with E-state index in [1.54, 1.807) is 36.5 Å². The molecule has 7 heteroatoms. The fourth-order valence-electron chi connectivity index (χ4n) is 1.84. The molecule has 0 bridgehead atoms. The number of rotatable bonds is 7. The van der Waals surface area contributed by atoms with E-state index in [0.717, 1.165) is 6.54 Å². The standard InChI is InChI=1S/C16H17Cl2N3O2/c1-2-19-8-9-20-15(22)12-4-3-7-21-16(12)23-14-6-5-11(17)10-13(14)18/h3-7,10,19H,2,8-9H2,1H3,(H,20,22). The van der Waals surface area contributed by atoms with E-state index >= 15 is 0 Å². The minimum atomic E-state index is -0.254. The Morgan fingerprint density at radius 1 is 1.26 bits per heavy atom. The third kappa shape index (κ3) is 5.10. The number of hydrogen-bond acceptors (Lipinski definition) is 4. The molecule has 5 nitrogen and oxygen atoms in total. The van der Waals surface area contributed by atoms with Gasteiger partial charge in [0.05, 0.1) is 5.02 Å². The SMILES string of the molecule is CCNCCNC(=O)c1cccnc1Oc1ccc(Cl)cc1Cl. The maximum absolute atomic E-state index is 12.2. The molecule has 0 radical (unpaired) electrons. The molecular weight excluding hydrogens is 337 g/mol. The average Bonchev–Trinajstić information content (AvgIpc) is 2.54. The number of likely N-dealkylation sites (N-methyl/N-ethyl adjacent to an activating group) is 1. The number of hydrogen-bond donors (Lipinski definition) is 2. The molecule has 0 spiro atoms. The smallest absolute Gasteiger partial charge is 0.256 e. The van der Waals surface area contributed by atoms with Crippen LogP contribution in [0.15, 0.2) is 36.5 Å². The second-order valence-corrected chi connectivity index (χ2v) is 5.49. The molecule has 0 aliphatic carbocycles. The van der Waals surface area contributed by atoms with Crippen LogP contribution < -0.4 is 15.4 Å². The normalized spacial score (nSPS) is 10.4. The van der Waals surface area contributed by atoms with Crippen LogP contribution in [0.5, 0.6) is 11.6 Å². The topological polar surface area (TPSA) is 63.2 Å². The predicted molar refractivity (Wildman–Crippen MR) is 91.6 cm³/mol. The minimum Gasteiger partial charge on any atom is -0.437 e. The van der Waals surface area contributed by atoms with Gasteiger partial charge < -0.3 is 15.4 Å². The van der Waals surface area contributed by atoms with E-state index in [-0.39, 0.29) is 11.8 Å². The van der Waals surface area contributed by atoms with Gasteiger partial charge in [-0.2, -0.15) is 0 Å². The minimum absolute atomic E-state index is 0.192. The van der Waals surface area contributed by atoms with Crippen LogP contribution in [0.3, 0.4) is 0 Å². The van der Waals surface area contributed by atoms with Crippen molar-refractivity contribution in [3.63, 3.8) is 0 Å². The monoisotopic (exact) mass is 353 g/mol. The molecule has 23 heavy (non-hydrogen) atoms. The van der Waals surface area contributed by atoms with Crippen LogP contribution in [0.2, 0.25) is 10.0 Å². The molecule has 2 rings (SSSR count). The van der Waals surface area contributed by atoms with Gasteiger partial charge in [-0.25, -0.2) is 4.98 Å². The van der Waals surface area contributed by atoms with Crippen molar-refractivity contribution >= 4 is 29.1 Å². The molecular formula is C16H17Cl2N3O2. The van der Waals surface area contributed by atoms with Crippen LogP contribution in [0.1, 0.15) is 17.3 Å². The number of aromatic nitrogens is 1. The third-order valence-corrected chi connectivity index (χ3v) is 3.48. The van der Waals surface area contributed by atoms with Gasteiger partial charge in [0.25, 0.3) is 5.91 Å². The first-order valence-electron chi connectivity index (χ1n) is 7.18. The van der Waals surface area contributed by atoms with Crippen LogP contribution in [0, 0.1) is 0 Å². The first-order chi connectivity index (χ1) is 11.1. The molecule has 1 amide bonds. The van der Waals surface area contributed by atoms with E-state index in [2.05, 4.69) is 15.6 Å². The molecule has 122 valence electrons. The van der Waals surface area contributed by atoms with Crippen molar-refractivity contribution in [1.29, 1.82) is 0 Å². The average molecular weight is 354 g/mol. The quantitative estimate of drug-likeness (QED) is 0.747. The van der Waals surface area contributed by atoms with Crippen LogP contribution in [0.4, 0.5) is 0 Å². The zero-order valence-corrected chi connectivity index (χ0v) is 14.1. The Morgan fingerprint density at radius 3 is 2.83 bits per heavy atom. The van der Waals surface area contributed by atoms with Crippen LogP contribution in [-0.2, 0) is 0 Å². The molecule has 1 aromatic heterocycles. The molecule has 1 aromatic carbocycles. The van der Waals surface area contributed by atoms with Gasteiger partial charge in [0.15, 0.2) is 0 Å². The van der Waals surface area contributed by atoms with Crippen LogP contribution >= 0.6 is 23.2 Å². The molecule has 0 atom stereocenters. The summed E-state index contributed by atoms with van der Waals surface area (Å²) < 4.78 is 5.67. The second kappa shape index (κ2) is 8.72. The molecule has 0 aliphatic rings. The number of pyridine rings is 1. The molecule has 0 fully saturated rings. The number of carbonyl (C=O) groups excluding carboxylic acids is 1. The Bertz CT molecular complexity index is 680. The number of amides is 1. The fraction of sp³-hybridized carbons (Fsp3) is 0.250. The van der Waals surface area contributed by atoms with Gasteiger partial charge in [0, 0.05) is 24.3 Å². The Balaban J connectivity index is 2.12. The summed E-state index contributed by atoms with van der Waals surface area (Å²) in [6, 6.07) is 8.18. The largest absolute Gasteiger partial charge is 0.437 e. The van der Waals surface area contributed by atoms with Gasteiger partial charge >= 0.3 is 0 Å². The van der Waals surface area contributed by atoms with Crippen molar-refractivity contribution < 1.29 is 9.53 Å². The summed E-state index contributed by atoms with van der Waals surface area (Å²) in [7, 11) is 0. The van der Waals surface area contributed by atoms with Crippen LogP contribution in [0.25, 0.3) is 0 Å². The van der Waals surface area contributed by atoms with Gasteiger partial charge in [-0.1, -0.05) is 30.1 Å². The highest BCUT2D eigenvalue weighted by atomic mass is 35.5.